The van der Waals surface area contributed by atoms with E-state index in [1.165, 1.54) is 7.11 Å². The number of aliphatic hydroxyl groups is 1. The average Bonchev–Trinajstić information content (AvgIpc) is 2.76. The minimum atomic E-state index is -0.629. The van der Waals surface area contributed by atoms with Gasteiger partial charge in [0.05, 0.1) is 19.6 Å². The van der Waals surface area contributed by atoms with Crippen LogP contribution in [-0.2, 0) is 14.9 Å². The third-order valence-electron chi connectivity index (χ3n) is 5.11. The molecule has 3 aromatic carbocycles. The van der Waals surface area contributed by atoms with Crippen molar-refractivity contribution in [2.45, 2.75) is 11.8 Å². The maximum Gasteiger partial charge on any atom is 0.311 e. The Bertz CT molecular complexity index is 748. The van der Waals surface area contributed by atoms with E-state index in [9.17, 15) is 9.90 Å². The zero-order chi connectivity index (χ0) is 19.1. The summed E-state index contributed by atoms with van der Waals surface area (Å²) in [5, 5.41) is 9.93. The largest absolute Gasteiger partial charge is 0.469 e. The van der Waals surface area contributed by atoms with E-state index in [2.05, 4.69) is 36.4 Å². The van der Waals surface area contributed by atoms with Gasteiger partial charge in [-0.2, -0.15) is 0 Å². The van der Waals surface area contributed by atoms with Gasteiger partial charge in [0, 0.05) is 5.41 Å². The molecule has 3 aromatic rings. The number of ether oxygens (including phenoxy) is 1. The molecule has 3 rings (SSSR count). The Morgan fingerprint density at radius 2 is 1.19 bits per heavy atom. The Balaban J connectivity index is 2.27. The third-order valence-corrected chi connectivity index (χ3v) is 5.11. The molecule has 1 atom stereocenters. The third kappa shape index (κ3) is 3.79. The summed E-state index contributed by atoms with van der Waals surface area (Å²) in [6, 6.07) is 30.4. The van der Waals surface area contributed by atoms with Crippen LogP contribution in [0.5, 0.6) is 0 Å². The molecule has 27 heavy (non-hydrogen) atoms. The highest BCUT2D eigenvalue weighted by atomic mass is 16.5. The van der Waals surface area contributed by atoms with Crippen LogP contribution >= 0.6 is 0 Å². The molecule has 3 heteroatoms. The Kier molecular flexibility index (Phi) is 6.05. The molecule has 0 amide bonds. The highest BCUT2D eigenvalue weighted by Crippen LogP contribution is 2.44. The average molecular weight is 360 g/mol. The predicted octanol–water partition coefficient (Wildman–Crippen LogP) is 4.19. The smallest absolute Gasteiger partial charge is 0.311 e. The number of rotatable bonds is 7. The molecule has 3 nitrogen and oxygen atoms in total. The van der Waals surface area contributed by atoms with Crippen LogP contribution in [0, 0.1) is 5.92 Å². The highest BCUT2D eigenvalue weighted by Gasteiger charge is 2.40. The molecule has 0 bridgehead atoms. The van der Waals surface area contributed by atoms with Crippen molar-refractivity contribution in [2.75, 3.05) is 13.7 Å². The summed E-state index contributed by atoms with van der Waals surface area (Å²) in [5.74, 6) is -1.03. The second-order valence-electron chi connectivity index (χ2n) is 6.61. The second kappa shape index (κ2) is 8.65. The second-order valence-corrected chi connectivity index (χ2v) is 6.61. The lowest BCUT2D eigenvalue weighted by molar-refractivity contribution is -0.147. The fourth-order valence-electron chi connectivity index (χ4n) is 3.78. The monoisotopic (exact) mass is 360 g/mol. The van der Waals surface area contributed by atoms with Crippen LogP contribution in [0.15, 0.2) is 91.0 Å². The van der Waals surface area contributed by atoms with Gasteiger partial charge in [0.1, 0.15) is 0 Å². The zero-order valence-electron chi connectivity index (χ0n) is 15.4. The number of aliphatic hydroxyl groups excluding tert-OH is 1. The molecule has 0 aliphatic rings. The summed E-state index contributed by atoms with van der Waals surface area (Å²) in [4.78, 5) is 12.3. The molecule has 0 aromatic heterocycles. The first kappa shape index (κ1) is 18.9. The molecule has 1 N–H and O–H groups in total. The number of hydrogen-bond donors (Lipinski definition) is 1. The van der Waals surface area contributed by atoms with E-state index in [0.717, 1.165) is 16.7 Å². The van der Waals surface area contributed by atoms with Crippen LogP contribution in [0.2, 0.25) is 0 Å². The number of hydrogen-bond acceptors (Lipinski definition) is 3. The molecular weight excluding hydrogens is 336 g/mol. The maximum atomic E-state index is 12.3. The van der Waals surface area contributed by atoms with Gasteiger partial charge in [-0.05, 0) is 23.1 Å². The van der Waals surface area contributed by atoms with Gasteiger partial charge in [0.15, 0.2) is 0 Å². The number of carbonyl (C=O) groups is 1. The van der Waals surface area contributed by atoms with Crippen molar-refractivity contribution in [1.29, 1.82) is 0 Å². The quantitative estimate of drug-likeness (QED) is 0.508. The Labute approximate surface area is 160 Å². The van der Waals surface area contributed by atoms with E-state index in [1.807, 2.05) is 54.6 Å². The summed E-state index contributed by atoms with van der Waals surface area (Å²) in [5.41, 5.74) is 2.64. The molecule has 0 saturated carbocycles. The fraction of sp³-hybridized carbons (Fsp3) is 0.208. The molecule has 138 valence electrons. The number of benzene rings is 3. The lowest BCUT2D eigenvalue weighted by Crippen LogP contribution is -2.36. The van der Waals surface area contributed by atoms with E-state index < -0.39 is 17.3 Å². The lowest BCUT2D eigenvalue weighted by Gasteiger charge is -2.38. The van der Waals surface area contributed by atoms with Crippen LogP contribution in [-0.4, -0.2) is 24.8 Å². The standard InChI is InChI=1S/C24H24O3/c1-27-23(26)19(18-25)17-24(20-11-5-2-6-12-20,21-13-7-3-8-14-21)22-15-9-4-10-16-22/h2-16,19,25H,17-18H2,1H3/t19-/m0/s1. The summed E-state index contributed by atoms with van der Waals surface area (Å²) >= 11 is 0. The Hall–Kier alpha value is -2.91. The topological polar surface area (TPSA) is 46.5 Å². The molecule has 0 heterocycles. The molecule has 0 radical (unpaired) electrons. The van der Waals surface area contributed by atoms with E-state index in [1.54, 1.807) is 0 Å². The van der Waals surface area contributed by atoms with Crippen molar-refractivity contribution in [1.82, 2.24) is 0 Å². The number of carbonyl (C=O) groups excluding carboxylic acids is 1. The first-order valence-electron chi connectivity index (χ1n) is 9.07. The van der Waals surface area contributed by atoms with Crippen LogP contribution in [0.1, 0.15) is 23.1 Å². The summed E-state index contributed by atoms with van der Waals surface area (Å²) in [6.45, 7) is -0.263. The lowest BCUT2D eigenvalue weighted by atomic mass is 9.65. The van der Waals surface area contributed by atoms with Gasteiger partial charge in [-0.25, -0.2) is 0 Å². The molecule has 0 aliphatic carbocycles. The summed E-state index contributed by atoms with van der Waals surface area (Å²) in [6.07, 6.45) is 0.411. The summed E-state index contributed by atoms with van der Waals surface area (Å²) < 4.78 is 4.96. The fourth-order valence-corrected chi connectivity index (χ4v) is 3.78. The van der Waals surface area contributed by atoms with E-state index in [-0.39, 0.29) is 6.61 Å². The Morgan fingerprint density at radius 1 is 0.815 bits per heavy atom. The molecule has 0 saturated heterocycles. The predicted molar refractivity (Wildman–Crippen MR) is 106 cm³/mol. The van der Waals surface area contributed by atoms with Crippen molar-refractivity contribution in [2.24, 2.45) is 5.92 Å². The van der Waals surface area contributed by atoms with Crippen LogP contribution in [0.25, 0.3) is 0 Å². The van der Waals surface area contributed by atoms with Crippen molar-refractivity contribution in [3.63, 3.8) is 0 Å². The minimum absolute atomic E-state index is 0.263. The van der Waals surface area contributed by atoms with Gasteiger partial charge in [-0.1, -0.05) is 91.0 Å². The first-order valence-corrected chi connectivity index (χ1v) is 9.07. The molecule has 0 unspecified atom stereocenters. The van der Waals surface area contributed by atoms with Crippen molar-refractivity contribution in [3.05, 3.63) is 108 Å². The van der Waals surface area contributed by atoms with E-state index in [4.69, 9.17) is 4.74 Å². The van der Waals surface area contributed by atoms with Crippen molar-refractivity contribution in [3.8, 4) is 0 Å². The molecular formula is C24H24O3. The van der Waals surface area contributed by atoms with Gasteiger partial charge in [0.25, 0.3) is 0 Å². The van der Waals surface area contributed by atoms with Gasteiger partial charge in [-0.15, -0.1) is 0 Å². The molecule has 0 fully saturated rings. The van der Waals surface area contributed by atoms with Gasteiger partial charge >= 0.3 is 5.97 Å². The maximum absolute atomic E-state index is 12.3. The molecule has 0 aliphatic heterocycles. The van der Waals surface area contributed by atoms with Gasteiger partial charge in [-0.3, -0.25) is 4.79 Å². The van der Waals surface area contributed by atoms with Gasteiger partial charge in [0.2, 0.25) is 0 Å². The number of esters is 1. The van der Waals surface area contributed by atoms with Crippen LogP contribution < -0.4 is 0 Å². The van der Waals surface area contributed by atoms with E-state index in [0.29, 0.717) is 6.42 Å². The van der Waals surface area contributed by atoms with Crippen molar-refractivity contribution >= 4 is 5.97 Å². The minimum Gasteiger partial charge on any atom is -0.469 e. The summed E-state index contributed by atoms with van der Waals surface area (Å²) in [7, 11) is 1.36. The van der Waals surface area contributed by atoms with Crippen LogP contribution in [0.3, 0.4) is 0 Å². The number of methoxy groups -OCH3 is 1. The normalized spacial score (nSPS) is 12.4. The highest BCUT2D eigenvalue weighted by molar-refractivity contribution is 5.73. The van der Waals surface area contributed by atoms with E-state index >= 15 is 0 Å². The first-order chi connectivity index (χ1) is 13.2. The van der Waals surface area contributed by atoms with Gasteiger partial charge < -0.3 is 9.84 Å². The van der Waals surface area contributed by atoms with Crippen molar-refractivity contribution < 1.29 is 14.6 Å². The molecule has 0 spiro atoms. The zero-order valence-corrected chi connectivity index (χ0v) is 15.4. The SMILES string of the molecule is COC(=O)[C@H](CO)CC(c1ccccc1)(c1ccccc1)c1ccccc1. The Morgan fingerprint density at radius 3 is 1.48 bits per heavy atom. The van der Waals surface area contributed by atoms with Crippen LogP contribution in [0.4, 0.5) is 0 Å².